The number of allylic oxidation sites excluding steroid dienone is 2. The first-order valence-electron chi connectivity index (χ1n) is 7.92. The number of anilines is 1. The van der Waals surface area contributed by atoms with Gasteiger partial charge in [0.2, 0.25) is 0 Å². The topological polar surface area (TPSA) is 73.8 Å². The summed E-state index contributed by atoms with van der Waals surface area (Å²) in [5, 5.41) is 6.47. The molecule has 1 atom stereocenters. The highest BCUT2D eigenvalue weighted by Gasteiger charge is 2.38. The van der Waals surface area contributed by atoms with E-state index >= 15 is 0 Å². The van der Waals surface area contributed by atoms with Gasteiger partial charge in [-0.1, -0.05) is 42.5 Å². The Balaban J connectivity index is 1.89. The summed E-state index contributed by atoms with van der Waals surface area (Å²) in [6, 6.07) is 10.3. The molecular formula is C19H16N4OS. The fourth-order valence-corrected chi connectivity index (χ4v) is 4.05. The largest absolute Gasteiger partial charge is 0.382 e. The lowest BCUT2D eigenvalue weighted by atomic mass is 9.71. The van der Waals surface area contributed by atoms with E-state index in [1.165, 1.54) is 11.6 Å². The third kappa shape index (κ3) is 2.52. The van der Waals surface area contributed by atoms with Crippen LogP contribution < -0.4 is 5.73 Å². The first kappa shape index (κ1) is 15.6. The molecule has 3 aromatic rings. The van der Waals surface area contributed by atoms with E-state index < -0.39 is 0 Å². The van der Waals surface area contributed by atoms with E-state index in [4.69, 9.17) is 5.73 Å². The monoisotopic (exact) mass is 348 g/mol. The van der Waals surface area contributed by atoms with Crippen molar-refractivity contribution in [2.75, 3.05) is 5.73 Å². The van der Waals surface area contributed by atoms with Gasteiger partial charge in [0.1, 0.15) is 5.94 Å². The van der Waals surface area contributed by atoms with Crippen LogP contribution in [0.15, 0.2) is 53.4 Å². The van der Waals surface area contributed by atoms with Crippen molar-refractivity contribution in [2.24, 2.45) is 0 Å². The number of nitrogens with zero attached hydrogens (tertiary/aromatic N) is 3. The Labute approximate surface area is 149 Å². The van der Waals surface area contributed by atoms with Crippen molar-refractivity contribution >= 4 is 29.2 Å². The van der Waals surface area contributed by atoms with Gasteiger partial charge < -0.3 is 5.73 Å². The Morgan fingerprint density at radius 1 is 1.36 bits per heavy atom. The summed E-state index contributed by atoms with van der Waals surface area (Å²) in [4.78, 5) is 15.2. The minimum absolute atomic E-state index is 0.360. The summed E-state index contributed by atoms with van der Waals surface area (Å²) in [5.41, 5.74) is 11.6. The Morgan fingerprint density at radius 2 is 2.20 bits per heavy atom. The normalized spacial score (nSPS) is 18.6. The Morgan fingerprint density at radius 3 is 2.92 bits per heavy atom. The molecule has 0 saturated carbocycles. The summed E-state index contributed by atoms with van der Waals surface area (Å²) in [6.07, 6.45) is 6.29. The quantitative estimate of drug-likeness (QED) is 0.736. The third-order valence-corrected chi connectivity index (χ3v) is 5.22. The number of aromatic nitrogens is 3. The van der Waals surface area contributed by atoms with Gasteiger partial charge in [-0.2, -0.15) is 5.10 Å². The van der Waals surface area contributed by atoms with Crippen LogP contribution in [0.25, 0.3) is 6.08 Å². The second kappa shape index (κ2) is 6.16. The number of hydrogen-bond donors (Lipinski definition) is 1. The van der Waals surface area contributed by atoms with Gasteiger partial charge in [0.15, 0.2) is 5.82 Å². The van der Waals surface area contributed by atoms with E-state index in [9.17, 15) is 4.79 Å². The second-order valence-electron chi connectivity index (χ2n) is 5.97. The SMILES string of the molecule is Nc1nn(CC=C=O)c2c1C=CC(c1ccccc1)(c1cscn1)C2. The molecule has 0 saturated heterocycles. The fourth-order valence-electron chi connectivity index (χ4n) is 3.41. The number of thiazole rings is 1. The highest BCUT2D eigenvalue weighted by molar-refractivity contribution is 7.07. The van der Waals surface area contributed by atoms with Crippen LogP contribution in [-0.4, -0.2) is 20.7 Å². The van der Waals surface area contributed by atoms with Crippen LogP contribution in [0.1, 0.15) is 22.5 Å². The predicted molar refractivity (Wildman–Crippen MR) is 99.0 cm³/mol. The molecule has 0 aliphatic heterocycles. The van der Waals surface area contributed by atoms with Crippen LogP contribution in [-0.2, 0) is 23.2 Å². The average Bonchev–Trinajstić information content (AvgIpc) is 3.29. The maximum atomic E-state index is 10.6. The van der Waals surface area contributed by atoms with Crippen LogP contribution in [0.2, 0.25) is 0 Å². The van der Waals surface area contributed by atoms with Crippen LogP contribution in [0.5, 0.6) is 0 Å². The first-order chi connectivity index (χ1) is 12.2. The van der Waals surface area contributed by atoms with Gasteiger partial charge in [0, 0.05) is 29.1 Å². The number of rotatable bonds is 4. The smallest absolute Gasteiger partial charge is 0.153 e. The third-order valence-electron chi connectivity index (χ3n) is 4.63. The molecule has 0 amide bonds. The van der Waals surface area contributed by atoms with E-state index in [-0.39, 0.29) is 5.41 Å². The molecule has 2 aromatic heterocycles. The number of carbonyl (C=O) groups excluding carboxylic acids is 1. The van der Waals surface area contributed by atoms with Gasteiger partial charge in [0.25, 0.3) is 0 Å². The van der Waals surface area contributed by atoms with Crippen molar-refractivity contribution in [3.8, 4) is 0 Å². The maximum Gasteiger partial charge on any atom is 0.153 e. The van der Waals surface area contributed by atoms with Crippen molar-refractivity contribution in [1.82, 2.24) is 14.8 Å². The number of nitrogen functional groups attached to an aromatic ring is 1. The molecule has 1 unspecified atom stereocenters. The van der Waals surface area contributed by atoms with E-state index in [0.29, 0.717) is 18.8 Å². The lowest BCUT2D eigenvalue weighted by Gasteiger charge is -2.33. The van der Waals surface area contributed by atoms with Gasteiger partial charge in [-0.25, -0.2) is 9.78 Å². The lowest BCUT2D eigenvalue weighted by Crippen LogP contribution is -2.32. The molecule has 1 aliphatic rings. The molecule has 5 nitrogen and oxygen atoms in total. The summed E-state index contributed by atoms with van der Waals surface area (Å²) in [7, 11) is 0. The summed E-state index contributed by atoms with van der Waals surface area (Å²) >= 11 is 1.58. The molecule has 0 bridgehead atoms. The zero-order valence-corrected chi connectivity index (χ0v) is 14.2. The van der Waals surface area contributed by atoms with Crippen LogP contribution in [0.4, 0.5) is 5.82 Å². The Hall–Kier alpha value is -2.95. The van der Waals surface area contributed by atoms with Crippen LogP contribution >= 0.6 is 11.3 Å². The molecule has 2 heterocycles. The van der Waals surface area contributed by atoms with Crippen molar-refractivity contribution in [3.63, 3.8) is 0 Å². The minimum Gasteiger partial charge on any atom is -0.382 e. The molecular weight excluding hydrogens is 332 g/mol. The lowest BCUT2D eigenvalue weighted by molar-refractivity contribution is 0.554. The first-order valence-corrected chi connectivity index (χ1v) is 8.87. The predicted octanol–water partition coefficient (Wildman–Crippen LogP) is 2.87. The Kier molecular flexibility index (Phi) is 3.84. The van der Waals surface area contributed by atoms with Crippen molar-refractivity contribution in [3.05, 3.63) is 75.9 Å². The molecule has 0 fully saturated rings. The Bertz CT molecular complexity index is 969. The number of benzene rings is 1. The van der Waals surface area contributed by atoms with Crippen molar-refractivity contribution < 1.29 is 4.79 Å². The van der Waals surface area contributed by atoms with E-state index in [0.717, 1.165) is 17.0 Å². The summed E-state index contributed by atoms with van der Waals surface area (Å²) < 4.78 is 1.78. The van der Waals surface area contributed by atoms with Gasteiger partial charge in [-0.3, -0.25) is 4.68 Å². The van der Waals surface area contributed by atoms with E-state index in [1.807, 2.05) is 29.8 Å². The van der Waals surface area contributed by atoms with Crippen LogP contribution in [0.3, 0.4) is 0 Å². The number of fused-ring (bicyclic) bond motifs is 1. The second-order valence-corrected chi connectivity index (χ2v) is 6.69. The summed E-state index contributed by atoms with van der Waals surface area (Å²) in [5.74, 6) is 2.28. The average molecular weight is 348 g/mol. The highest BCUT2D eigenvalue weighted by atomic mass is 32.1. The molecule has 1 aliphatic carbocycles. The molecule has 4 rings (SSSR count). The highest BCUT2D eigenvalue weighted by Crippen LogP contribution is 2.42. The molecule has 0 radical (unpaired) electrons. The summed E-state index contributed by atoms with van der Waals surface area (Å²) in [6.45, 7) is 0.360. The molecule has 124 valence electrons. The molecule has 25 heavy (non-hydrogen) atoms. The number of hydrogen-bond acceptors (Lipinski definition) is 5. The van der Waals surface area contributed by atoms with E-state index in [2.05, 4.69) is 33.7 Å². The minimum atomic E-state index is -0.372. The number of nitrogens with two attached hydrogens (primary N) is 1. The van der Waals surface area contributed by atoms with Gasteiger partial charge in [-0.05, 0) is 5.56 Å². The molecule has 6 heteroatoms. The zero-order chi connectivity index (χ0) is 17.3. The van der Waals surface area contributed by atoms with Crippen LogP contribution in [0, 0.1) is 0 Å². The molecule has 2 N–H and O–H groups in total. The maximum absolute atomic E-state index is 10.6. The zero-order valence-electron chi connectivity index (χ0n) is 13.4. The van der Waals surface area contributed by atoms with Crippen molar-refractivity contribution in [1.29, 1.82) is 0 Å². The molecule has 0 spiro atoms. The fraction of sp³-hybridized carbons (Fsp3) is 0.158. The van der Waals surface area contributed by atoms with Gasteiger partial charge >= 0.3 is 0 Å². The van der Waals surface area contributed by atoms with Gasteiger partial charge in [-0.15, -0.1) is 11.3 Å². The van der Waals surface area contributed by atoms with Crippen molar-refractivity contribution in [2.45, 2.75) is 18.4 Å². The van der Waals surface area contributed by atoms with E-state index in [1.54, 1.807) is 22.0 Å². The molecule has 1 aromatic carbocycles. The standard InChI is InChI=1S/C19H16N4OS/c20-18-15-7-8-19(17-12-25-13-21-17,14-5-2-1-3-6-14)11-16(15)23(22-18)9-4-10-24/h1-8,12-13H,9,11H2,(H2,20,22). The van der Waals surface area contributed by atoms with Gasteiger partial charge in [0.05, 0.1) is 23.2 Å².